The van der Waals surface area contributed by atoms with E-state index in [1.165, 1.54) is 0 Å². The van der Waals surface area contributed by atoms with Crippen LogP contribution in [0.4, 0.5) is 0 Å². The molecular formula is C9H11BrN2O2. The van der Waals surface area contributed by atoms with Crippen LogP contribution in [-0.2, 0) is 11.3 Å². The summed E-state index contributed by atoms with van der Waals surface area (Å²) in [4.78, 5) is 18.5. The van der Waals surface area contributed by atoms with E-state index in [0.29, 0.717) is 22.8 Å². The molecule has 1 aromatic rings. The van der Waals surface area contributed by atoms with E-state index in [9.17, 15) is 4.79 Å². The minimum atomic E-state index is -0.117. The van der Waals surface area contributed by atoms with Gasteiger partial charge in [-0.3, -0.25) is 4.79 Å². The van der Waals surface area contributed by atoms with Crippen molar-refractivity contribution in [2.24, 2.45) is 0 Å². The monoisotopic (exact) mass is 258 g/mol. The molecule has 2 rings (SSSR count). The molecule has 0 amide bonds. The van der Waals surface area contributed by atoms with Gasteiger partial charge < -0.3 is 9.72 Å². The summed E-state index contributed by atoms with van der Waals surface area (Å²) in [6.07, 6.45) is 2.25. The number of aromatic nitrogens is 2. The third kappa shape index (κ3) is 1.88. The molecule has 5 heteroatoms. The number of halogens is 1. The van der Waals surface area contributed by atoms with Crippen LogP contribution in [0.5, 0.6) is 0 Å². The largest absolute Gasteiger partial charge is 0.377 e. The highest BCUT2D eigenvalue weighted by Crippen LogP contribution is 2.41. The fraction of sp³-hybridized carbons (Fsp3) is 0.556. The molecule has 0 unspecified atom stereocenters. The summed E-state index contributed by atoms with van der Waals surface area (Å²) in [5.41, 5.74) is 0.759. The van der Waals surface area contributed by atoms with E-state index in [1.807, 2.05) is 0 Å². The lowest BCUT2D eigenvalue weighted by Gasteiger charge is -2.04. The molecule has 0 atom stereocenters. The molecule has 0 aromatic carbocycles. The Labute approximate surface area is 89.8 Å². The molecular weight excluding hydrogens is 248 g/mol. The van der Waals surface area contributed by atoms with Crippen LogP contribution in [0.25, 0.3) is 0 Å². The van der Waals surface area contributed by atoms with Crippen molar-refractivity contribution in [1.29, 1.82) is 0 Å². The zero-order chi connectivity index (χ0) is 10.1. The molecule has 1 N–H and O–H groups in total. The zero-order valence-electron chi connectivity index (χ0n) is 7.84. The number of ether oxygens (including phenoxy) is 1. The molecule has 1 saturated carbocycles. The highest BCUT2D eigenvalue weighted by atomic mass is 79.9. The second-order valence-electron chi connectivity index (χ2n) is 3.42. The van der Waals surface area contributed by atoms with Crippen LogP contribution in [0.15, 0.2) is 9.27 Å². The molecule has 0 spiro atoms. The van der Waals surface area contributed by atoms with Gasteiger partial charge in [0, 0.05) is 13.0 Å². The lowest BCUT2D eigenvalue weighted by Crippen LogP contribution is -2.15. The fourth-order valence-electron chi connectivity index (χ4n) is 1.36. The normalized spacial score (nSPS) is 15.9. The summed E-state index contributed by atoms with van der Waals surface area (Å²) >= 11 is 3.26. The molecule has 0 saturated heterocycles. The maximum atomic E-state index is 11.5. The van der Waals surface area contributed by atoms with E-state index in [1.54, 1.807) is 7.11 Å². The van der Waals surface area contributed by atoms with Crippen molar-refractivity contribution in [3.05, 3.63) is 26.3 Å². The summed E-state index contributed by atoms with van der Waals surface area (Å²) in [7, 11) is 1.58. The van der Waals surface area contributed by atoms with Crippen molar-refractivity contribution in [1.82, 2.24) is 9.97 Å². The number of aromatic amines is 1. The van der Waals surface area contributed by atoms with Crippen LogP contribution >= 0.6 is 15.9 Å². The number of hydrogen-bond acceptors (Lipinski definition) is 3. The van der Waals surface area contributed by atoms with Gasteiger partial charge in [-0.2, -0.15) is 0 Å². The maximum Gasteiger partial charge on any atom is 0.265 e. The Morgan fingerprint density at radius 2 is 2.36 bits per heavy atom. The Morgan fingerprint density at radius 1 is 1.64 bits per heavy atom. The lowest BCUT2D eigenvalue weighted by atomic mass is 10.3. The predicted molar refractivity (Wildman–Crippen MR) is 55.2 cm³/mol. The van der Waals surface area contributed by atoms with Gasteiger partial charge in [-0.25, -0.2) is 4.98 Å². The van der Waals surface area contributed by atoms with E-state index in [2.05, 4.69) is 25.9 Å². The second-order valence-corrected chi connectivity index (χ2v) is 4.21. The van der Waals surface area contributed by atoms with Gasteiger partial charge >= 0.3 is 0 Å². The highest BCUT2D eigenvalue weighted by molar-refractivity contribution is 9.10. The Balaban J connectivity index is 2.41. The quantitative estimate of drug-likeness (QED) is 0.896. The van der Waals surface area contributed by atoms with Crippen molar-refractivity contribution in [2.75, 3.05) is 7.11 Å². The van der Waals surface area contributed by atoms with Crippen LogP contribution in [0.1, 0.15) is 30.3 Å². The summed E-state index contributed by atoms with van der Waals surface area (Å²) in [5, 5.41) is 0. The number of nitrogens with zero attached hydrogens (tertiary/aromatic N) is 1. The number of rotatable bonds is 3. The van der Waals surface area contributed by atoms with Crippen LogP contribution in [0, 0.1) is 0 Å². The standard InChI is InChI=1S/C9H11BrN2O2/c1-14-4-6-11-8(5-2-3-5)7(10)9(13)12-6/h5H,2-4H2,1H3,(H,11,12,13). The Kier molecular flexibility index (Phi) is 2.69. The first-order valence-electron chi connectivity index (χ1n) is 4.50. The molecule has 14 heavy (non-hydrogen) atoms. The molecule has 1 fully saturated rings. The minimum Gasteiger partial charge on any atom is -0.377 e. The van der Waals surface area contributed by atoms with E-state index in [-0.39, 0.29) is 5.56 Å². The molecule has 0 bridgehead atoms. The van der Waals surface area contributed by atoms with Crippen LogP contribution in [0.3, 0.4) is 0 Å². The predicted octanol–water partition coefficient (Wildman–Crippen LogP) is 1.56. The molecule has 1 aromatic heterocycles. The number of hydrogen-bond donors (Lipinski definition) is 1. The van der Waals surface area contributed by atoms with Crippen LogP contribution in [0.2, 0.25) is 0 Å². The van der Waals surface area contributed by atoms with Gasteiger partial charge in [-0.1, -0.05) is 0 Å². The van der Waals surface area contributed by atoms with E-state index >= 15 is 0 Å². The highest BCUT2D eigenvalue weighted by Gasteiger charge is 2.28. The van der Waals surface area contributed by atoms with Crippen molar-refractivity contribution in [3.8, 4) is 0 Å². The molecule has 0 aliphatic heterocycles. The Hall–Kier alpha value is -0.680. The van der Waals surface area contributed by atoms with Gasteiger partial charge in [0.25, 0.3) is 5.56 Å². The number of H-pyrrole nitrogens is 1. The van der Waals surface area contributed by atoms with Crippen molar-refractivity contribution in [2.45, 2.75) is 25.4 Å². The van der Waals surface area contributed by atoms with Gasteiger partial charge in [0.15, 0.2) is 0 Å². The van der Waals surface area contributed by atoms with Crippen LogP contribution < -0.4 is 5.56 Å². The summed E-state index contributed by atoms with van der Waals surface area (Å²) in [6, 6.07) is 0. The first-order chi connectivity index (χ1) is 6.72. The Bertz CT molecular complexity index is 398. The Morgan fingerprint density at radius 3 is 2.93 bits per heavy atom. The molecule has 1 aliphatic carbocycles. The number of methoxy groups -OCH3 is 1. The van der Waals surface area contributed by atoms with Gasteiger partial charge in [-0.05, 0) is 28.8 Å². The van der Waals surface area contributed by atoms with Crippen molar-refractivity contribution in [3.63, 3.8) is 0 Å². The fourth-order valence-corrected chi connectivity index (χ4v) is 1.87. The van der Waals surface area contributed by atoms with E-state index in [4.69, 9.17) is 4.74 Å². The van der Waals surface area contributed by atoms with Gasteiger partial charge in [0.05, 0.1) is 5.69 Å². The molecule has 0 radical (unpaired) electrons. The van der Waals surface area contributed by atoms with E-state index in [0.717, 1.165) is 18.5 Å². The average molecular weight is 259 g/mol. The zero-order valence-corrected chi connectivity index (χ0v) is 9.43. The summed E-state index contributed by atoms with van der Waals surface area (Å²) < 4.78 is 5.50. The minimum absolute atomic E-state index is 0.117. The molecule has 76 valence electrons. The summed E-state index contributed by atoms with van der Waals surface area (Å²) in [6.45, 7) is 0.349. The molecule has 4 nitrogen and oxygen atoms in total. The van der Waals surface area contributed by atoms with Crippen molar-refractivity contribution < 1.29 is 4.74 Å². The maximum absolute atomic E-state index is 11.5. The first kappa shape index (κ1) is 9.86. The van der Waals surface area contributed by atoms with Gasteiger partial charge in [-0.15, -0.1) is 0 Å². The second kappa shape index (κ2) is 3.82. The van der Waals surface area contributed by atoms with Gasteiger partial charge in [0.1, 0.15) is 16.9 Å². The van der Waals surface area contributed by atoms with Gasteiger partial charge in [0.2, 0.25) is 0 Å². The third-order valence-corrected chi connectivity index (χ3v) is 2.95. The molecule has 1 aliphatic rings. The third-order valence-electron chi connectivity index (χ3n) is 2.18. The lowest BCUT2D eigenvalue weighted by molar-refractivity contribution is 0.177. The smallest absolute Gasteiger partial charge is 0.265 e. The SMILES string of the molecule is COCc1nc(C2CC2)c(Br)c(=O)[nH]1. The molecule has 1 heterocycles. The van der Waals surface area contributed by atoms with Crippen molar-refractivity contribution >= 4 is 15.9 Å². The first-order valence-corrected chi connectivity index (χ1v) is 5.29. The summed E-state index contributed by atoms with van der Waals surface area (Å²) in [5.74, 6) is 1.06. The topological polar surface area (TPSA) is 55.0 Å². The number of nitrogens with one attached hydrogen (secondary N) is 1. The van der Waals surface area contributed by atoms with Crippen LogP contribution in [-0.4, -0.2) is 17.1 Å². The average Bonchev–Trinajstić information content (AvgIpc) is 2.94. The van der Waals surface area contributed by atoms with E-state index < -0.39 is 0 Å².